The van der Waals surface area contributed by atoms with E-state index >= 15 is 0 Å². The average Bonchev–Trinajstić information content (AvgIpc) is 2.86. The van der Waals surface area contributed by atoms with Crippen molar-refractivity contribution < 1.29 is 23.0 Å². The standard InChI is InChI=1S/C12H12F2O3/c1-11(12(2,17-11)10(15)16-3)8-6-7(13)4-5-9(8)14/h4-6H,1-3H3. The van der Waals surface area contributed by atoms with E-state index in [4.69, 9.17) is 4.74 Å². The van der Waals surface area contributed by atoms with E-state index in [1.165, 1.54) is 21.0 Å². The first-order chi connectivity index (χ1) is 7.85. The largest absolute Gasteiger partial charge is 0.467 e. The zero-order chi connectivity index (χ0) is 12.8. The summed E-state index contributed by atoms with van der Waals surface area (Å²) in [6, 6.07) is 3.05. The van der Waals surface area contributed by atoms with E-state index in [9.17, 15) is 13.6 Å². The lowest BCUT2D eigenvalue weighted by molar-refractivity contribution is -0.146. The number of hydrogen-bond donors (Lipinski definition) is 0. The second kappa shape index (κ2) is 3.50. The first-order valence-electron chi connectivity index (χ1n) is 5.09. The van der Waals surface area contributed by atoms with Gasteiger partial charge in [0.05, 0.1) is 7.11 Å². The van der Waals surface area contributed by atoms with Crippen LogP contribution in [0.3, 0.4) is 0 Å². The number of esters is 1. The normalized spacial score (nSPS) is 31.1. The van der Waals surface area contributed by atoms with Crippen LogP contribution in [0.5, 0.6) is 0 Å². The Balaban J connectivity index is 2.43. The predicted molar refractivity (Wildman–Crippen MR) is 55.2 cm³/mol. The number of rotatable bonds is 2. The number of epoxide rings is 1. The van der Waals surface area contributed by atoms with Crippen molar-refractivity contribution in [1.29, 1.82) is 0 Å². The molecule has 0 bridgehead atoms. The zero-order valence-electron chi connectivity index (χ0n) is 9.71. The third-order valence-corrected chi connectivity index (χ3v) is 3.29. The maximum Gasteiger partial charge on any atom is 0.341 e. The number of hydrogen-bond acceptors (Lipinski definition) is 3. The number of ether oxygens (including phenoxy) is 2. The molecule has 0 N–H and O–H groups in total. The summed E-state index contributed by atoms with van der Waals surface area (Å²) in [6.45, 7) is 3.02. The quantitative estimate of drug-likeness (QED) is 0.589. The molecule has 5 heteroatoms. The van der Waals surface area contributed by atoms with Crippen molar-refractivity contribution in [2.24, 2.45) is 0 Å². The molecule has 17 heavy (non-hydrogen) atoms. The smallest absolute Gasteiger partial charge is 0.341 e. The zero-order valence-corrected chi connectivity index (χ0v) is 9.71. The number of halogens is 2. The Morgan fingerprint density at radius 3 is 2.59 bits per heavy atom. The molecule has 2 rings (SSSR count). The minimum Gasteiger partial charge on any atom is -0.467 e. The Morgan fingerprint density at radius 1 is 1.35 bits per heavy atom. The minimum atomic E-state index is -1.27. The highest BCUT2D eigenvalue weighted by Crippen LogP contribution is 2.56. The molecule has 0 spiro atoms. The molecule has 92 valence electrons. The monoisotopic (exact) mass is 242 g/mol. The van der Waals surface area contributed by atoms with Crippen molar-refractivity contribution in [2.45, 2.75) is 25.0 Å². The summed E-state index contributed by atoms with van der Waals surface area (Å²) in [6.07, 6.45) is 0. The van der Waals surface area contributed by atoms with Gasteiger partial charge < -0.3 is 9.47 Å². The van der Waals surface area contributed by atoms with Gasteiger partial charge in [0.2, 0.25) is 0 Å². The van der Waals surface area contributed by atoms with E-state index in [0.717, 1.165) is 18.2 Å². The molecule has 0 amide bonds. The van der Waals surface area contributed by atoms with Gasteiger partial charge in [-0.25, -0.2) is 13.6 Å². The maximum absolute atomic E-state index is 13.6. The van der Waals surface area contributed by atoms with Crippen LogP contribution in [0.2, 0.25) is 0 Å². The summed E-state index contributed by atoms with van der Waals surface area (Å²) in [4.78, 5) is 11.5. The number of benzene rings is 1. The van der Waals surface area contributed by atoms with E-state index in [2.05, 4.69) is 4.74 Å². The molecular formula is C12H12F2O3. The molecule has 0 saturated carbocycles. The van der Waals surface area contributed by atoms with Gasteiger partial charge in [0.15, 0.2) is 5.60 Å². The van der Waals surface area contributed by atoms with Gasteiger partial charge in [-0.3, -0.25) is 0 Å². The Bertz CT molecular complexity index is 489. The SMILES string of the molecule is COC(=O)C1(C)OC1(C)c1cc(F)ccc1F. The summed E-state index contributed by atoms with van der Waals surface area (Å²) in [5, 5.41) is 0. The van der Waals surface area contributed by atoms with Gasteiger partial charge in [0.25, 0.3) is 0 Å². The molecular weight excluding hydrogens is 230 g/mol. The summed E-state index contributed by atoms with van der Waals surface area (Å²) < 4.78 is 36.6. The highest BCUT2D eigenvalue weighted by molar-refractivity contribution is 5.84. The van der Waals surface area contributed by atoms with Crippen molar-refractivity contribution in [3.8, 4) is 0 Å². The molecule has 1 saturated heterocycles. The number of carbonyl (C=O) groups is 1. The van der Waals surface area contributed by atoms with Gasteiger partial charge >= 0.3 is 5.97 Å². The first-order valence-corrected chi connectivity index (χ1v) is 5.09. The maximum atomic E-state index is 13.6. The van der Waals surface area contributed by atoms with E-state index in [1.807, 2.05) is 0 Å². The third kappa shape index (κ3) is 1.53. The molecule has 1 fully saturated rings. The van der Waals surface area contributed by atoms with Crippen LogP contribution in [-0.2, 0) is 19.9 Å². The van der Waals surface area contributed by atoms with Gasteiger partial charge in [-0.2, -0.15) is 0 Å². The van der Waals surface area contributed by atoms with E-state index in [1.54, 1.807) is 0 Å². The van der Waals surface area contributed by atoms with Gasteiger partial charge in [-0.1, -0.05) is 0 Å². The van der Waals surface area contributed by atoms with E-state index < -0.39 is 28.8 Å². The Hall–Kier alpha value is -1.49. The topological polar surface area (TPSA) is 38.8 Å². The fraction of sp³-hybridized carbons (Fsp3) is 0.417. The summed E-state index contributed by atoms with van der Waals surface area (Å²) in [7, 11) is 1.22. The molecule has 3 nitrogen and oxygen atoms in total. The molecule has 0 aliphatic carbocycles. The van der Waals surface area contributed by atoms with Crippen molar-refractivity contribution in [1.82, 2.24) is 0 Å². The fourth-order valence-corrected chi connectivity index (χ4v) is 1.99. The van der Waals surface area contributed by atoms with Crippen LogP contribution < -0.4 is 0 Å². The Morgan fingerprint density at radius 2 is 2.00 bits per heavy atom. The van der Waals surface area contributed by atoms with Crippen molar-refractivity contribution in [3.63, 3.8) is 0 Å². The van der Waals surface area contributed by atoms with Gasteiger partial charge in [-0.05, 0) is 32.0 Å². The second-order valence-corrected chi connectivity index (χ2v) is 4.28. The molecule has 1 aliphatic rings. The van der Waals surface area contributed by atoms with Gasteiger partial charge in [0, 0.05) is 5.56 Å². The highest BCUT2D eigenvalue weighted by atomic mass is 19.1. The highest BCUT2D eigenvalue weighted by Gasteiger charge is 2.71. The lowest BCUT2D eigenvalue weighted by Crippen LogP contribution is -2.30. The molecule has 1 aromatic carbocycles. The molecule has 2 atom stereocenters. The molecule has 1 aliphatic heterocycles. The summed E-state index contributed by atoms with van der Waals surface area (Å²) in [5.41, 5.74) is -2.44. The van der Waals surface area contributed by atoms with Crippen molar-refractivity contribution in [2.75, 3.05) is 7.11 Å². The van der Waals surface area contributed by atoms with Crippen LogP contribution in [0.25, 0.3) is 0 Å². The van der Waals surface area contributed by atoms with E-state index in [-0.39, 0.29) is 5.56 Å². The van der Waals surface area contributed by atoms with Crippen LogP contribution in [0.1, 0.15) is 19.4 Å². The fourth-order valence-electron chi connectivity index (χ4n) is 1.99. The molecule has 1 aromatic rings. The predicted octanol–water partition coefficient (Wildman–Crippen LogP) is 2.14. The Kier molecular flexibility index (Phi) is 2.47. The van der Waals surface area contributed by atoms with Crippen LogP contribution in [-0.4, -0.2) is 18.7 Å². The Labute approximate surface area is 97.3 Å². The van der Waals surface area contributed by atoms with Gasteiger partial charge in [-0.15, -0.1) is 0 Å². The van der Waals surface area contributed by atoms with Gasteiger partial charge in [0.1, 0.15) is 17.2 Å². The molecule has 2 unspecified atom stereocenters. The summed E-state index contributed by atoms with van der Waals surface area (Å²) >= 11 is 0. The lowest BCUT2D eigenvalue weighted by Gasteiger charge is -2.12. The number of carbonyl (C=O) groups excluding carboxylic acids is 1. The molecule has 0 aromatic heterocycles. The average molecular weight is 242 g/mol. The van der Waals surface area contributed by atoms with Crippen molar-refractivity contribution in [3.05, 3.63) is 35.4 Å². The van der Waals surface area contributed by atoms with Crippen molar-refractivity contribution >= 4 is 5.97 Å². The van der Waals surface area contributed by atoms with Crippen LogP contribution >= 0.6 is 0 Å². The minimum absolute atomic E-state index is 0.0189. The lowest BCUT2D eigenvalue weighted by atomic mass is 9.88. The van der Waals surface area contributed by atoms with E-state index in [0.29, 0.717) is 0 Å². The van der Waals surface area contributed by atoms with Crippen LogP contribution in [0, 0.1) is 11.6 Å². The molecule has 1 heterocycles. The number of methoxy groups -OCH3 is 1. The first kappa shape index (κ1) is 12.0. The summed E-state index contributed by atoms with van der Waals surface area (Å²) in [5.74, 6) is -1.80. The third-order valence-electron chi connectivity index (χ3n) is 3.29. The molecule has 0 radical (unpaired) electrons. The van der Waals surface area contributed by atoms with Crippen LogP contribution in [0.15, 0.2) is 18.2 Å². The second-order valence-electron chi connectivity index (χ2n) is 4.28. The van der Waals surface area contributed by atoms with Crippen LogP contribution in [0.4, 0.5) is 8.78 Å².